The van der Waals surface area contributed by atoms with Gasteiger partial charge >= 0.3 is 5.97 Å². The Hall–Kier alpha value is -1.80. The molecular weight excluding hydrogens is 242 g/mol. The average Bonchev–Trinajstić information content (AvgIpc) is 2.28. The van der Waals surface area contributed by atoms with E-state index in [9.17, 15) is 4.79 Å². The molecule has 0 fully saturated rings. The molecule has 17 heavy (non-hydrogen) atoms. The first-order chi connectivity index (χ1) is 7.97. The summed E-state index contributed by atoms with van der Waals surface area (Å²) < 4.78 is 0. The molecule has 0 spiro atoms. The van der Waals surface area contributed by atoms with Crippen molar-refractivity contribution in [2.45, 2.75) is 19.4 Å². The van der Waals surface area contributed by atoms with Crippen LogP contribution in [0.2, 0.25) is 5.02 Å². The van der Waals surface area contributed by atoms with Crippen molar-refractivity contribution in [1.29, 1.82) is 5.26 Å². The summed E-state index contributed by atoms with van der Waals surface area (Å²) in [4.78, 5) is 16.6. The molecule has 0 aliphatic carbocycles. The van der Waals surface area contributed by atoms with Gasteiger partial charge in [0.1, 0.15) is 5.82 Å². The third kappa shape index (κ3) is 3.08. The average molecular weight is 254 g/mol. The quantitative estimate of drug-likeness (QED) is 0.890. The van der Waals surface area contributed by atoms with Gasteiger partial charge < -0.3 is 10.0 Å². The van der Waals surface area contributed by atoms with E-state index < -0.39 is 5.97 Å². The number of anilines is 1. The van der Waals surface area contributed by atoms with E-state index in [0.29, 0.717) is 12.2 Å². The van der Waals surface area contributed by atoms with Gasteiger partial charge in [-0.3, -0.25) is 0 Å². The molecule has 0 aliphatic heterocycles. The van der Waals surface area contributed by atoms with E-state index in [1.807, 2.05) is 6.92 Å². The Morgan fingerprint density at radius 3 is 2.88 bits per heavy atom. The number of carboxylic acids is 1. The molecule has 0 saturated carbocycles. The molecule has 5 nitrogen and oxygen atoms in total. The molecule has 1 aromatic rings. The second-order valence-corrected chi connectivity index (χ2v) is 4.03. The third-order valence-corrected chi connectivity index (χ3v) is 2.75. The third-order valence-electron chi connectivity index (χ3n) is 2.44. The molecule has 1 rings (SSSR count). The van der Waals surface area contributed by atoms with Gasteiger partial charge in [0.25, 0.3) is 0 Å². The van der Waals surface area contributed by atoms with Crippen LogP contribution in [0.1, 0.15) is 23.8 Å². The lowest BCUT2D eigenvalue weighted by Gasteiger charge is -2.24. The maximum atomic E-state index is 10.9. The first-order valence-corrected chi connectivity index (χ1v) is 5.34. The van der Waals surface area contributed by atoms with Crippen molar-refractivity contribution < 1.29 is 9.90 Å². The summed E-state index contributed by atoms with van der Waals surface area (Å²) >= 11 is 5.72. The lowest BCUT2D eigenvalue weighted by molar-refractivity contribution is 0.0691. The molecule has 0 bridgehead atoms. The highest BCUT2D eigenvalue weighted by molar-refractivity contribution is 6.33. The standard InChI is InChI=1S/C11H12ClN3O2/c1-7(5-6-13)15(2)9-4-3-8(12)10(14-9)11(16)17/h3-4,7H,5H2,1-2H3,(H,16,17). The van der Waals surface area contributed by atoms with Crippen LogP contribution in [0.4, 0.5) is 5.82 Å². The van der Waals surface area contributed by atoms with Crippen molar-refractivity contribution >= 4 is 23.4 Å². The summed E-state index contributed by atoms with van der Waals surface area (Å²) in [7, 11) is 1.75. The fourth-order valence-electron chi connectivity index (χ4n) is 1.27. The number of aromatic nitrogens is 1. The number of rotatable bonds is 4. The SMILES string of the molecule is CC(CC#N)N(C)c1ccc(Cl)c(C(=O)O)n1. The number of pyridine rings is 1. The fraction of sp³-hybridized carbons (Fsp3) is 0.364. The number of hydrogen-bond donors (Lipinski definition) is 1. The Balaban J connectivity index is 3.04. The fourth-order valence-corrected chi connectivity index (χ4v) is 1.46. The predicted octanol–water partition coefficient (Wildman–Crippen LogP) is 2.17. The number of carboxylic acid groups (broad SMARTS) is 1. The minimum Gasteiger partial charge on any atom is -0.476 e. The molecule has 0 saturated heterocycles. The molecule has 6 heteroatoms. The van der Waals surface area contributed by atoms with Gasteiger partial charge in [0, 0.05) is 13.1 Å². The van der Waals surface area contributed by atoms with Crippen molar-refractivity contribution in [2.75, 3.05) is 11.9 Å². The molecule has 0 aromatic carbocycles. The minimum absolute atomic E-state index is 0.0460. The number of halogens is 1. The van der Waals surface area contributed by atoms with Crippen molar-refractivity contribution in [3.05, 3.63) is 22.8 Å². The Kier molecular flexibility index (Phi) is 4.30. The largest absolute Gasteiger partial charge is 0.476 e. The Morgan fingerprint density at radius 2 is 2.35 bits per heavy atom. The summed E-state index contributed by atoms with van der Waals surface area (Å²) in [5.74, 6) is -0.687. The topological polar surface area (TPSA) is 77.2 Å². The van der Waals surface area contributed by atoms with Crippen LogP contribution in [0, 0.1) is 11.3 Å². The van der Waals surface area contributed by atoms with Crippen molar-refractivity contribution in [1.82, 2.24) is 4.98 Å². The molecule has 90 valence electrons. The Bertz CT molecular complexity index is 470. The number of hydrogen-bond acceptors (Lipinski definition) is 4. The first-order valence-electron chi connectivity index (χ1n) is 4.97. The highest BCUT2D eigenvalue weighted by Gasteiger charge is 2.16. The second-order valence-electron chi connectivity index (χ2n) is 3.63. The normalized spacial score (nSPS) is 11.6. The zero-order valence-corrected chi connectivity index (χ0v) is 10.3. The predicted molar refractivity (Wildman–Crippen MR) is 64.3 cm³/mol. The number of aromatic carboxylic acids is 1. The monoisotopic (exact) mass is 253 g/mol. The zero-order chi connectivity index (χ0) is 13.0. The van der Waals surface area contributed by atoms with Gasteiger partial charge in [-0.05, 0) is 19.1 Å². The van der Waals surface area contributed by atoms with Crippen LogP contribution in [0.25, 0.3) is 0 Å². The zero-order valence-electron chi connectivity index (χ0n) is 9.51. The van der Waals surface area contributed by atoms with Crippen LogP contribution < -0.4 is 4.90 Å². The van der Waals surface area contributed by atoms with Gasteiger partial charge in [0.05, 0.1) is 17.5 Å². The molecule has 1 atom stereocenters. The highest BCUT2D eigenvalue weighted by atomic mass is 35.5. The van der Waals surface area contributed by atoms with E-state index in [0.717, 1.165) is 0 Å². The van der Waals surface area contributed by atoms with Crippen LogP contribution >= 0.6 is 11.6 Å². The van der Waals surface area contributed by atoms with Crippen LogP contribution in [0.3, 0.4) is 0 Å². The molecule has 1 heterocycles. The van der Waals surface area contributed by atoms with E-state index in [1.54, 1.807) is 18.0 Å². The van der Waals surface area contributed by atoms with Crippen LogP contribution in [0.15, 0.2) is 12.1 Å². The molecule has 1 N–H and O–H groups in total. The molecule has 0 radical (unpaired) electrons. The van der Waals surface area contributed by atoms with Gasteiger partial charge in [0.15, 0.2) is 5.69 Å². The Labute approximate surface area is 104 Å². The van der Waals surface area contributed by atoms with Gasteiger partial charge in [0.2, 0.25) is 0 Å². The molecule has 1 aromatic heterocycles. The summed E-state index contributed by atoms with van der Waals surface area (Å²) in [5, 5.41) is 17.6. The van der Waals surface area contributed by atoms with E-state index in [-0.39, 0.29) is 16.8 Å². The van der Waals surface area contributed by atoms with Crippen LogP contribution in [0.5, 0.6) is 0 Å². The van der Waals surface area contributed by atoms with Gasteiger partial charge in [-0.25, -0.2) is 9.78 Å². The highest BCUT2D eigenvalue weighted by Crippen LogP contribution is 2.20. The van der Waals surface area contributed by atoms with Crippen molar-refractivity contribution in [3.8, 4) is 6.07 Å². The number of nitrogens with zero attached hydrogens (tertiary/aromatic N) is 3. The molecular formula is C11H12ClN3O2. The van der Waals surface area contributed by atoms with Crippen LogP contribution in [-0.4, -0.2) is 29.1 Å². The minimum atomic E-state index is -1.17. The van der Waals surface area contributed by atoms with Gasteiger partial charge in [-0.15, -0.1) is 0 Å². The smallest absolute Gasteiger partial charge is 0.356 e. The molecule has 1 unspecified atom stereocenters. The summed E-state index contributed by atoms with van der Waals surface area (Å²) in [6.45, 7) is 1.86. The lowest BCUT2D eigenvalue weighted by Crippen LogP contribution is -2.29. The van der Waals surface area contributed by atoms with E-state index in [4.69, 9.17) is 22.0 Å². The summed E-state index contributed by atoms with van der Waals surface area (Å²) in [5.41, 5.74) is -0.180. The molecule has 0 amide bonds. The van der Waals surface area contributed by atoms with Crippen molar-refractivity contribution in [3.63, 3.8) is 0 Å². The van der Waals surface area contributed by atoms with E-state index >= 15 is 0 Å². The summed E-state index contributed by atoms with van der Waals surface area (Å²) in [6.07, 6.45) is 0.337. The summed E-state index contributed by atoms with van der Waals surface area (Å²) in [6, 6.07) is 5.13. The molecule has 0 aliphatic rings. The van der Waals surface area contributed by atoms with E-state index in [1.165, 1.54) is 6.07 Å². The van der Waals surface area contributed by atoms with Crippen LogP contribution in [-0.2, 0) is 0 Å². The number of nitriles is 1. The lowest BCUT2D eigenvalue weighted by atomic mass is 10.2. The maximum Gasteiger partial charge on any atom is 0.356 e. The van der Waals surface area contributed by atoms with E-state index in [2.05, 4.69) is 11.1 Å². The first kappa shape index (κ1) is 13.3. The van der Waals surface area contributed by atoms with Crippen molar-refractivity contribution in [2.24, 2.45) is 0 Å². The maximum absolute atomic E-state index is 10.9. The number of carbonyl (C=O) groups is 1. The van der Waals surface area contributed by atoms with Gasteiger partial charge in [-0.1, -0.05) is 11.6 Å². The van der Waals surface area contributed by atoms with Gasteiger partial charge in [-0.2, -0.15) is 5.26 Å². The Morgan fingerprint density at radius 1 is 1.71 bits per heavy atom. The second kappa shape index (κ2) is 5.51.